The van der Waals surface area contributed by atoms with Gasteiger partial charge in [-0.05, 0) is 50.6 Å². The number of hydrogen-bond acceptors (Lipinski definition) is 4. The highest BCUT2D eigenvalue weighted by Gasteiger charge is 2.29. The quantitative estimate of drug-likeness (QED) is 0.445. The molecule has 0 unspecified atom stereocenters. The molecule has 0 saturated carbocycles. The minimum Gasteiger partial charge on any atom is -0.435 e. The van der Waals surface area contributed by atoms with E-state index in [1.165, 1.54) is 16.9 Å². The van der Waals surface area contributed by atoms with Gasteiger partial charge in [-0.3, -0.25) is 0 Å². The van der Waals surface area contributed by atoms with Crippen molar-refractivity contribution in [1.82, 2.24) is 4.98 Å². The number of likely N-dealkylation sites (N-methyl/N-ethyl adjacent to an activating group) is 1. The number of furan rings is 1. The average molecular weight is 357 g/mol. The summed E-state index contributed by atoms with van der Waals surface area (Å²) in [6.45, 7) is 7.34. The summed E-state index contributed by atoms with van der Waals surface area (Å²) in [5.41, 5.74) is 7.44. The lowest BCUT2D eigenvalue weighted by molar-refractivity contribution is 0.638. The van der Waals surface area contributed by atoms with Gasteiger partial charge in [0.05, 0.1) is 17.1 Å². The van der Waals surface area contributed by atoms with E-state index in [0.29, 0.717) is 11.8 Å². The number of para-hydroxylation sites is 2. The average Bonchev–Trinajstić information content (AvgIpc) is 3.02. The van der Waals surface area contributed by atoms with Crippen molar-refractivity contribution in [2.45, 2.75) is 26.8 Å². The number of nitrogens with zero attached hydrogens (tertiary/aromatic N) is 3. The second kappa shape index (κ2) is 5.74. The van der Waals surface area contributed by atoms with Crippen LogP contribution in [0.15, 0.2) is 52.9 Å². The number of rotatable bonds is 1. The Labute approximate surface area is 159 Å². The zero-order chi connectivity index (χ0) is 18.7. The molecule has 0 amide bonds. The van der Waals surface area contributed by atoms with Crippen LogP contribution >= 0.6 is 0 Å². The van der Waals surface area contributed by atoms with Crippen molar-refractivity contribution < 1.29 is 4.42 Å². The van der Waals surface area contributed by atoms with Crippen molar-refractivity contribution in [3.05, 3.63) is 59.8 Å². The van der Waals surface area contributed by atoms with Crippen molar-refractivity contribution >= 4 is 39.1 Å². The van der Waals surface area contributed by atoms with Gasteiger partial charge in [0.15, 0.2) is 5.58 Å². The molecule has 0 N–H and O–H groups in total. The first kappa shape index (κ1) is 16.2. The van der Waals surface area contributed by atoms with E-state index in [4.69, 9.17) is 4.42 Å². The fourth-order valence-electron chi connectivity index (χ4n) is 4.16. The number of fused-ring (bicyclic) bond motifs is 4. The third kappa shape index (κ3) is 2.33. The largest absolute Gasteiger partial charge is 0.435 e. The molecular formula is C23H23N3O. The van der Waals surface area contributed by atoms with E-state index >= 15 is 0 Å². The molecule has 1 aliphatic rings. The summed E-state index contributed by atoms with van der Waals surface area (Å²) in [5.74, 6) is 0. The van der Waals surface area contributed by atoms with Crippen LogP contribution in [0.1, 0.15) is 18.2 Å². The molecule has 4 aromatic rings. The molecule has 2 aromatic heterocycles. The lowest BCUT2D eigenvalue weighted by Gasteiger charge is -2.41. The Hall–Kier alpha value is -3.01. The van der Waals surface area contributed by atoms with Crippen molar-refractivity contribution in [1.29, 1.82) is 0 Å². The summed E-state index contributed by atoms with van der Waals surface area (Å²) in [6, 6.07) is 17.5. The standard InChI is InChI=1S/C23H23N3O/c1-14-9-11-17-18-12-10-15(2)24-23(18)27-22(17)21(14)26-13-16(3)25(4)19-7-5-6-8-20(19)26/h5-12,16H,13H2,1-4H3/t16-/m0/s1. The predicted molar refractivity (Wildman–Crippen MR) is 112 cm³/mol. The number of benzene rings is 2. The summed E-state index contributed by atoms with van der Waals surface area (Å²) >= 11 is 0. The van der Waals surface area contributed by atoms with E-state index in [-0.39, 0.29) is 0 Å². The number of aryl methyl sites for hydroxylation is 2. The van der Waals surface area contributed by atoms with Gasteiger partial charge in [0, 0.05) is 36.1 Å². The molecule has 0 aliphatic carbocycles. The van der Waals surface area contributed by atoms with E-state index in [1.807, 2.05) is 13.0 Å². The number of pyridine rings is 1. The minimum absolute atomic E-state index is 0.402. The molecule has 1 atom stereocenters. The summed E-state index contributed by atoms with van der Waals surface area (Å²) in [5, 5.41) is 2.20. The number of anilines is 3. The highest BCUT2D eigenvalue weighted by Crippen LogP contribution is 2.44. The van der Waals surface area contributed by atoms with Gasteiger partial charge < -0.3 is 14.2 Å². The minimum atomic E-state index is 0.402. The molecule has 5 rings (SSSR count). The van der Waals surface area contributed by atoms with Gasteiger partial charge in [0.2, 0.25) is 5.71 Å². The van der Waals surface area contributed by atoms with Gasteiger partial charge in [0.25, 0.3) is 0 Å². The van der Waals surface area contributed by atoms with Gasteiger partial charge in [-0.2, -0.15) is 0 Å². The fraction of sp³-hybridized carbons (Fsp3) is 0.261. The highest BCUT2D eigenvalue weighted by molar-refractivity contribution is 6.09. The van der Waals surface area contributed by atoms with E-state index < -0.39 is 0 Å². The maximum Gasteiger partial charge on any atom is 0.227 e. The Bertz CT molecular complexity index is 1180. The summed E-state index contributed by atoms with van der Waals surface area (Å²) in [7, 11) is 2.17. The van der Waals surface area contributed by atoms with Crippen LogP contribution in [0.3, 0.4) is 0 Å². The maximum absolute atomic E-state index is 6.31. The first-order valence-corrected chi connectivity index (χ1v) is 9.43. The van der Waals surface area contributed by atoms with Gasteiger partial charge in [-0.15, -0.1) is 0 Å². The molecular weight excluding hydrogens is 334 g/mol. The van der Waals surface area contributed by atoms with Crippen LogP contribution in [-0.4, -0.2) is 24.6 Å². The van der Waals surface area contributed by atoms with Crippen LogP contribution in [0.5, 0.6) is 0 Å². The Kier molecular flexibility index (Phi) is 3.44. The van der Waals surface area contributed by atoms with E-state index in [1.54, 1.807) is 0 Å². The Morgan fingerprint density at radius 2 is 1.70 bits per heavy atom. The van der Waals surface area contributed by atoms with Crippen molar-refractivity contribution in [3.8, 4) is 0 Å². The molecule has 4 heteroatoms. The first-order chi connectivity index (χ1) is 13.0. The SMILES string of the molecule is Cc1ccc2c(n1)oc1c(N3C[C@H](C)N(C)c4ccccc43)c(C)ccc12. The van der Waals surface area contributed by atoms with Crippen LogP contribution in [0.2, 0.25) is 0 Å². The van der Waals surface area contributed by atoms with Gasteiger partial charge in [0.1, 0.15) is 0 Å². The molecule has 0 fully saturated rings. The van der Waals surface area contributed by atoms with Gasteiger partial charge >= 0.3 is 0 Å². The van der Waals surface area contributed by atoms with Crippen LogP contribution in [0.4, 0.5) is 17.1 Å². The number of hydrogen-bond donors (Lipinski definition) is 0. The fourth-order valence-corrected chi connectivity index (χ4v) is 4.16. The van der Waals surface area contributed by atoms with E-state index in [9.17, 15) is 0 Å². The van der Waals surface area contributed by atoms with Crippen LogP contribution in [0.25, 0.3) is 22.1 Å². The summed E-state index contributed by atoms with van der Waals surface area (Å²) < 4.78 is 6.31. The van der Waals surface area contributed by atoms with Crippen LogP contribution < -0.4 is 9.80 Å². The van der Waals surface area contributed by atoms with Crippen LogP contribution in [-0.2, 0) is 0 Å². The molecule has 0 bridgehead atoms. The molecule has 4 nitrogen and oxygen atoms in total. The third-order valence-electron chi connectivity index (χ3n) is 5.75. The molecule has 0 saturated heterocycles. The highest BCUT2D eigenvalue weighted by atomic mass is 16.3. The third-order valence-corrected chi connectivity index (χ3v) is 5.75. The lowest BCUT2D eigenvalue weighted by atomic mass is 10.0. The molecule has 0 radical (unpaired) electrons. The van der Waals surface area contributed by atoms with Gasteiger partial charge in [-0.25, -0.2) is 4.98 Å². The zero-order valence-electron chi connectivity index (χ0n) is 16.2. The smallest absolute Gasteiger partial charge is 0.227 e. The first-order valence-electron chi connectivity index (χ1n) is 9.43. The Balaban J connectivity index is 1.81. The zero-order valence-corrected chi connectivity index (χ0v) is 16.2. The predicted octanol–water partition coefficient (Wildman–Crippen LogP) is 5.57. The molecule has 3 heterocycles. The topological polar surface area (TPSA) is 32.5 Å². The Morgan fingerprint density at radius 1 is 0.963 bits per heavy atom. The second-order valence-corrected chi connectivity index (χ2v) is 7.57. The number of aromatic nitrogens is 1. The van der Waals surface area contributed by atoms with Crippen molar-refractivity contribution in [2.24, 2.45) is 0 Å². The van der Waals surface area contributed by atoms with Crippen molar-refractivity contribution in [3.63, 3.8) is 0 Å². The lowest BCUT2D eigenvalue weighted by Crippen LogP contribution is -2.43. The van der Waals surface area contributed by atoms with E-state index in [2.05, 4.69) is 78.1 Å². The van der Waals surface area contributed by atoms with E-state index in [0.717, 1.165) is 34.3 Å². The maximum atomic E-state index is 6.31. The van der Waals surface area contributed by atoms with Crippen molar-refractivity contribution in [2.75, 3.05) is 23.4 Å². The molecule has 136 valence electrons. The second-order valence-electron chi connectivity index (χ2n) is 7.57. The molecule has 27 heavy (non-hydrogen) atoms. The normalized spacial score (nSPS) is 17.0. The summed E-state index contributed by atoms with van der Waals surface area (Å²) in [4.78, 5) is 9.37. The molecule has 1 aliphatic heterocycles. The van der Waals surface area contributed by atoms with Gasteiger partial charge in [-0.1, -0.05) is 24.3 Å². The monoisotopic (exact) mass is 357 g/mol. The van der Waals surface area contributed by atoms with Crippen LogP contribution in [0, 0.1) is 13.8 Å². The Morgan fingerprint density at radius 3 is 2.52 bits per heavy atom. The molecule has 0 spiro atoms. The summed E-state index contributed by atoms with van der Waals surface area (Å²) in [6.07, 6.45) is 0. The molecule has 2 aromatic carbocycles.